The van der Waals surface area contributed by atoms with Gasteiger partial charge in [-0.2, -0.15) is 0 Å². The van der Waals surface area contributed by atoms with E-state index in [9.17, 15) is 14.4 Å². The second-order valence-electron chi connectivity index (χ2n) is 10.2. The van der Waals surface area contributed by atoms with Crippen LogP contribution in [0.15, 0.2) is 54.6 Å². The zero-order valence-electron chi connectivity index (χ0n) is 21.6. The number of nitrogens with zero attached hydrogens (tertiary/aromatic N) is 4. The monoisotopic (exact) mass is 531 g/mol. The third kappa shape index (κ3) is 6.27. The predicted octanol–water partition coefficient (Wildman–Crippen LogP) is 4.25. The van der Waals surface area contributed by atoms with E-state index in [0.717, 1.165) is 35.5 Å². The molecule has 0 saturated carbocycles. The number of rotatable bonds is 8. The molecule has 5 rings (SSSR count). The molecule has 2 aliphatic heterocycles. The van der Waals surface area contributed by atoms with Crippen LogP contribution in [0.1, 0.15) is 41.8 Å². The van der Waals surface area contributed by atoms with Gasteiger partial charge in [-0.3, -0.25) is 14.4 Å². The fourth-order valence-electron chi connectivity index (χ4n) is 5.17. The SMILES string of the molecule is Cc1ccc(N2CC(C(=O)N3CCC(C(=O)Nc4nnc(CCCc5ccccc5)s4)CC3)CC2=O)cc1. The Morgan fingerprint density at radius 1 is 0.974 bits per heavy atom. The molecule has 0 radical (unpaired) electrons. The number of carbonyl (C=O) groups is 3. The summed E-state index contributed by atoms with van der Waals surface area (Å²) in [6.07, 6.45) is 4.23. The Hall–Kier alpha value is -3.59. The van der Waals surface area contributed by atoms with Crippen LogP contribution >= 0.6 is 11.3 Å². The first-order chi connectivity index (χ1) is 18.5. The molecule has 0 spiro atoms. The summed E-state index contributed by atoms with van der Waals surface area (Å²) in [5.74, 6) is -0.575. The standard InChI is InChI=1S/C29H33N5O3S/c1-20-10-12-24(13-11-20)34-19-23(18-26(34)35)28(37)33-16-14-22(15-17-33)27(36)30-29-32-31-25(38-29)9-5-8-21-6-3-2-4-7-21/h2-4,6-7,10-13,22-23H,5,8-9,14-19H2,1H3,(H,30,32,36). The van der Waals surface area contributed by atoms with E-state index < -0.39 is 0 Å². The molecule has 8 nitrogen and oxygen atoms in total. The first-order valence-corrected chi connectivity index (χ1v) is 14.1. The van der Waals surface area contributed by atoms with E-state index in [1.807, 2.05) is 54.3 Å². The molecule has 9 heteroatoms. The van der Waals surface area contributed by atoms with E-state index in [1.165, 1.54) is 16.9 Å². The summed E-state index contributed by atoms with van der Waals surface area (Å²) in [6.45, 7) is 3.46. The molecule has 2 aromatic carbocycles. The van der Waals surface area contributed by atoms with Crippen LogP contribution < -0.4 is 10.2 Å². The van der Waals surface area contributed by atoms with E-state index in [2.05, 4.69) is 27.6 Å². The van der Waals surface area contributed by atoms with E-state index in [1.54, 1.807) is 4.90 Å². The maximum Gasteiger partial charge on any atom is 0.229 e. The fourth-order valence-corrected chi connectivity index (χ4v) is 5.95. The van der Waals surface area contributed by atoms with Gasteiger partial charge >= 0.3 is 0 Å². The predicted molar refractivity (Wildman–Crippen MR) is 148 cm³/mol. The summed E-state index contributed by atoms with van der Waals surface area (Å²) in [5.41, 5.74) is 3.27. The number of nitrogens with one attached hydrogen (secondary N) is 1. The van der Waals surface area contributed by atoms with Crippen molar-refractivity contribution >= 4 is 39.9 Å². The third-order valence-corrected chi connectivity index (χ3v) is 8.29. The lowest BCUT2D eigenvalue weighted by atomic mass is 9.94. The van der Waals surface area contributed by atoms with Gasteiger partial charge in [-0.05, 0) is 50.3 Å². The molecule has 198 valence electrons. The highest BCUT2D eigenvalue weighted by atomic mass is 32.1. The summed E-state index contributed by atoms with van der Waals surface area (Å²) >= 11 is 1.43. The lowest BCUT2D eigenvalue weighted by molar-refractivity contribution is -0.138. The van der Waals surface area contributed by atoms with Crippen molar-refractivity contribution in [3.05, 3.63) is 70.7 Å². The molecule has 2 saturated heterocycles. The normalized spacial score (nSPS) is 18.1. The fraction of sp³-hybridized carbons (Fsp3) is 0.414. The highest BCUT2D eigenvalue weighted by Gasteiger charge is 2.38. The van der Waals surface area contributed by atoms with E-state index in [0.29, 0.717) is 37.6 Å². The number of hydrogen-bond donors (Lipinski definition) is 1. The van der Waals surface area contributed by atoms with Crippen molar-refractivity contribution in [3.8, 4) is 0 Å². The van der Waals surface area contributed by atoms with Crippen LogP contribution in [-0.2, 0) is 27.2 Å². The van der Waals surface area contributed by atoms with Gasteiger partial charge in [-0.25, -0.2) is 0 Å². The number of hydrogen-bond acceptors (Lipinski definition) is 6. The molecule has 3 amide bonds. The summed E-state index contributed by atoms with van der Waals surface area (Å²) in [4.78, 5) is 42.1. The number of likely N-dealkylation sites (tertiary alicyclic amines) is 1. The van der Waals surface area contributed by atoms with Gasteiger partial charge in [0, 0.05) is 44.1 Å². The molecule has 3 aromatic rings. The van der Waals surface area contributed by atoms with Gasteiger partial charge in [-0.1, -0.05) is 59.4 Å². The first-order valence-electron chi connectivity index (χ1n) is 13.3. The van der Waals surface area contributed by atoms with Gasteiger partial charge in [0.25, 0.3) is 0 Å². The summed E-state index contributed by atoms with van der Waals surface area (Å²) in [7, 11) is 0. The second kappa shape index (κ2) is 11.9. The Balaban J connectivity index is 1.06. The smallest absolute Gasteiger partial charge is 0.229 e. The van der Waals surface area contributed by atoms with Crippen LogP contribution in [0.2, 0.25) is 0 Å². The largest absolute Gasteiger partial charge is 0.342 e. The van der Waals surface area contributed by atoms with Crippen molar-refractivity contribution in [1.82, 2.24) is 15.1 Å². The zero-order valence-corrected chi connectivity index (χ0v) is 22.5. The van der Waals surface area contributed by atoms with Gasteiger partial charge in [-0.15, -0.1) is 10.2 Å². The molecule has 0 bridgehead atoms. The van der Waals surface area contributed by atoms with Crippen LogP contribution in [0.25, 0.3) is 0 Å². The maximum absolute atomic E-state index is 13.2. The molecular formula is C29H33N5O3S. The molecule has 2 fully saturated rings. The molecule has 38 heavy (non-hydrogen) atoms. The topological polar surface area (TPSA) is 95.5 Å². The average Bonchev–Trinajstić information content (AvgIpc) is 3.55. The third-order valence-electron chi connectivity index (χ3n) is 7.39. The van der Waals surface area contributed by atoms with Gasteiger partial charge in [0.05, 0.1) is 5.92 Å². The van der Waals surface area contributed by atoms with Crippen LogP contribution in [0.3, 0.4) is 0 Å². The molecule has 1 atom stereocenters. The van der Waals surface area contributed by atoms with E-state index in [-0.39, 0.29) is 36.0 Å². The van der Waals surface area contributed by atoms with Crippen molar-refractivity contribution < 1.29 is 14.4 Å². The minimum absolute atomic E-state index is 0.0103. The van der Waals surface area contributed by atoms with Crippen molar-refractivity contribution in [2.75, 3.05) is 29.9 Å². The number of amides is 3. The van der Waals surface area contributed by atoms with Crippen LogP contribution in [-0.4, -0.2) is 52.5 Å². The first kappa shape index (κ1) is 26.0. The summed E-state index contributed by atoms with van der Waals surface area (Å²) < 4.78 is 0. The number of benzene rings is 2. The Morgan fingerprint density at radius 2 is 1.71 bits per heavy atom. The quantitative estimate of drug-likeness (QED) is 0.469. The number of anilines is 2. The Bertz CT molecular complexity index is 1270. The van der Waals surface area contributed by atoms with Crippen LogP contribution in [0.5, 0.6) is 0 Å². The molecule has 1 N–H and O–H groups in total. The number of aryl methyl sites for hydroxylation is 3. The van der Waals surface area contributed by atoms with Crippen LogP contribution in [0.4, 0.5) is 10.8 Å². The van der Waals surface area contributed by atoms with Crippen LogP contribution in [0, 0.1) is 18.8 Å². The average molecular weight is 532 g/mol. The summed E-state index contributed by atoms with van der Waals surface area (Å²) in [5, 5.41) is 12.8. The number of piperidine rings is 1. The molecule has 1 aromatic heterocycles. The van der Waals surface area contributed by atoms with Gasteiger partial charge in [0.1, 0.15) is 5.01 Å². The molecule has 2 aliphatic rings. The Morgan fingerprint density at radius 3 is 2.45 bits per heavy atom. The van der Waals surface area contributed by atoms with Crippen molar-refractivity contribution in [2.45, 2.75) is 45.4 Å². The number of carbonyl (C=O) groups excluding carboxylic acids is 3. The molecule has 0 aliphatic carbocycles. The van der Waals surface area contributed by atoms with Crippen molar-refractivity contribution in [3.63, 3.8) is 0 Å². The molecular weight excluding hydrogens is 498 g/mol. The zero-order chi connectivity index (χ0) is 26.5. The van der Waals surface area contributed by atoms with Gasteiger partial charge < -0.3 is 15.1 Å². The van der Waals surface area contributed by atoms with E-state index in [4.69, 9.17) is 0 Å². The minimum atomic E-state index is -0.337. The molecule has 1 unspecified atom stereocenters. The minimum Gasteiger partial charge on any atom is -0.342 e. The van der Waals surface area contributed by atoms with Crippen molar-refractivity contribution in [2.24, 2.45) is 11.8 Å². The molecule has 3 heterocycles. The summed E-state index contributed by atoms with van der Waals surface area (Å²) in [6, 6.07) is 18.2. The Kier molecular flexibility index (Phi) is 8.12. The number of aromatic nitrogens is 2. The van der Waals surface area contributed by atoms with E-state index >= 15 is 0 Å². The Labute approximate surface area is 227 Å². The van der Waals surface area contributed by atoms with Gasteiger partial charge in [0.2, 0.25) is 22.9 Å². The lowest BCUT2D eigenvalue weighted by Gasteiger charge is -2.32. The second-order valence-corrected chi connectivity index (χ2v) is 11.2. The highest BCUT2D eigenvalue weighted by molar-refractivity contribution is 7.15. The van der Waals surface area contributed by atoms with Crippen molar-refractivity contribution in [1.29, 1.82) is 0 Å². The lowest BCUT2D eigenvalue weighted by Crippen LogP contribution is -2.44. The highest BCUT2D eigenvalue weighted by Crippen LogP contribution is 2.29. The van der Waals surface area contributed by atoms with Gasteiger partial charge in [0.15, 0.2) is 0 Å². The maximum atomic E-state index is 13.2.